The van der Waals surface area contributed by atoms with Gasteiger partial charge in [-0.25, -0.2) is 8.98 Å². The molecule has 1 fully saturated rings. The van der Waals surface area contributed by atoms with E-state index in [1.54, 1.807) is 0 Å². The third-order valence-corrected chi connectivity index (χ3v) is 2.46. The van der Waals surface area contributed by atoms with E-state index in [0.717, 1.165) is 0 Å². The molecule has 16 heavy (non-hydrogen) atoms. The quantitative estimate of drug-likeness (QED) is 0.399. The molecule has 4 N–H and O–H groups in total. The first-order chi connectivity index (χ1) is 7.22. The number of carbonyl (C=O) groups is 1. The van der Waals surface area contributed by atoms with Gasteiger partial charge in [0.2, 0.25) is 0 Å². The highest BCUT2D eigenvalue weighted by Crippen LogP contribution is 2.19. The van der Waals surface area contributed by atoms with Crippen LogP contribution in [0.4, 0.5) is 0 Å². The second-order valence-corrected chi connectivity index (χ2v) is 4.18. The smallest absolute Gasteiger partial charge is 0.397 e. The first kappa shape index (κ1) is 13.3. The summed E-state index contributed by atoms with van der Waals surface area (Å²) in [5.74, 6) is -1.50. The summed E-state index contributed by atoms with van der Waals surface area (Å²) in [4.78, 5) is 10.5. The lowest BCUT2D eigenvalue weighted by Crippen LogP contribution is -2.56. The van der Waals surface area contributed by atoms with Crippen molar-refractivity contribution in [3.63, 3.8) is 0 Å². The monoisotopic (exact) mass is 258 g/mol. The normalized spacial score (nSPS) is 35.9. The molecular weight excluding hydrogens is 248 g/mol. The Morgan fingerprint density at radius 3 is 2.31 bits per heavy atom. The molecule has 0 bridgehead atoms. The van der Waals surface area contributed by atoms with E-state index in [1.807, 2.05) is 0 Å². The average molecular weight is 258 g/mol. The Kier molecular flexibility index (Phi) is 3.83. The van der Waals surface area contributed by atoms with Crippen LogP contribution in [0, 0.1) is 0 Å². The van der Waals surface area contributed by atoms with Crippen molar-refractivity contribution in [3.05, 3.63) is 0 Å². The zero-order chi connectivity index (χ0) is 12.5. The molecule has 0 amide bonds. The van der Waals surface area contributed by atoms with Gasteiger partial charge in [0.25, 0.3) is 0 Å². The molecule has 94 valence electrons. The molecule has 3 unspecified atom stereocenters. The van der Waals surface area contributed by atoms with Gasteiger partial charge in [-0.15, -0.1) is 0 Å². The van der Waals surface area contributed by atoms with E-state index in [0.29, 0.717) is 0 Å². The molecule has 4 atom stereocenters. The van der Waals surface area contributed by atoms with E-state index in [-0.39, 0.29) is 0 Å². The maximum absolute atomic E-state index is 10.5. The topological polar surface area (TPSA) is 151 Å². The highest BCUT2D eigenvalue weighted by Gasteiger charge is 2.44. The molecule has 0 spiro atoms. The largest absolute Gasteiger partial charge is 0.479 e. The van der Waals surface area contributed by atoms with Crippen LogP contribution >= 0.6 is 0 Å². The summed E-state index contributed by atoms with van der Waals surface area (Å²) in [5.41, 5.74) is 0. The Labute approximate surface area is 90.2 Å². The number of aliphatic hydroxyl groups is 2. The van der Waals surface area contributed by atoms with E-state index in [2.05, 4.69) is 8.92 Å². The summed E-state index contributed by atoms with van der Waals surface area (Å²) in [5, 5.41) is 27.1. The van der Waals surface area contributed by atoms with Gasteiger partial charge in [-0.2, -0.15) is 8.42 Å². The third-order valence-electron chi connectivity index (χ3n) is 1.97. The number of carboxylic acid groups (broad SMARTS) is 1. The summed E-state index contributed by atoms with van der Waals surface area (Å²) < 4.78 is 37.6. The van der Waals surface area contributed by atoms with Gasteiger partial charge in [-0.1, -0.05) is 0 Å². The predicted octanol–water partition coefficient (Wildman–Crippen LogP) is -2.62. The molecule has 0 aromatic heterocycles. The van der Waals surface area contributed by atoms with E-state index in [4.69, 9.17) is 9.66 Å². The number of aliphatic hydroxyl groups excluding tert-OH is 2. The van der Waals surface area contributed by atoms with Gasteiger partial charge >= 0.3 is 16.4 Å². The van der Waals surface area contributed by atoms with Gasteiger partial charge in [0.1, 0.15) is 18.3 Å². The average Bonchev–Trinajstić information content (AvgIpc) is 2.10. The molecule has 1 heterocycles. The second kappa shape index (κ2) is 4.61. The molecule has 1 aliphatic rings. The van der Waals surface area contributed by atoms with Crippen LogP contribution in [0.1, 0.15) is 0 Å². The van der Waals surface area contributed by atoms with Gasteiger partial charge in [0, 0.05) is 0 Å². The van der Waals surface area contributed by atoms with Crippen LogP contribution in [0.2, 0.25) is 0 Å². The SMILES string of the molecule is O=C(O)C1OCC(OS(=O)(=O)O)C(O)[C@H]1O. The summed E-state index contributed by atoms with van der Waals surface area (Å²) in [6, 6.07) is 0. The standard InChI is InChI=1S/C6H10O9S/c7-3-2(15-16(11,12)13)1-14-5(4(3)8)6(9)10/h2-5,7-8H,1H2,(H,9,10)(H,11,12,13)/t2?,3?,4-,5?/m1/s1. The molecule has 0 saturated carbocycles. The van der Waals surface area contributed by atoms with Crippen LogP contribution in [0.15, 0.2) is 0 Å². The van der Waals surface area contributed by atoms with E-state index in [1.165, 1.54) is 0 Å². The number of rotatable bonds is 3. The van der Waals surface area contributed by atoms with Gasteiger partial charge in [-0.3, -0.25) is 4.55 Å². The van der Waals surface area contributed by atoms with Crippen LogP contribution in [-0.2, 0) is 24.1 Å². The lowest BCUT2D eigenvalue weighted by atomic mass is 10.0. The lowest BCUT2D eigenvalue weighted by Gasteiger charge is -2.34. The zero-order valence-corrected chi connectivity index (χ0v) is 8.57. The Hall–Kier alpha value is -0.780. The molecule has 0 aliphatic carbocycles. The van der Waals surface area contributed by atoms with Gasteiger partial charge in [0.15, 0.2) is 6.10 Å². The molecule has 0 radical (unpaired) electrons. The maximum Gasteiger partial charge on any atom is 0.397 e. The van der Waals surface area contributed by atoms with Crippen LogP contribution in [0.5, 0.6) is 0 Å². The van der Waals surface area contributed by atoms with Crippen LogP contribution < -0.4 is 0 Å². The fourth-order valence-corrected chi connectivity index (χ4v) is 1.73. The molecular formula is C6H10O9S. The van der Waals surface area contributed by atoms with Crippen molar-refractivity contribution in [2.24, 2.45) is 0 Å². The van der Waals surface area contributed by atoms with Crippen molar-refractivity contribution >= 4 is 16.4 Å². The molecule has 1 aliphatic heterocycles. The number of hydrogen-bond donors (Lipinski definition) is 4. The van der Waals surface area contributed by atoms with E-state index < -0.39 is 47.4 Å². The summed E-state index contributed by atoms with van der Waals surface area (Å²) in [7, 11) is -4.82. The fourth-order valence-electron chi connectivity index (χ4n) is 1.25. The Balaban J connectivity index is 2.72. The lowest BCUT2D eigenvalue weighted by molar-refractivity contribution is -0.197. The Morgan fingerprint density at radius 1 is 1.31 bits per heavy atom. The molecule has 10 heteroatoms. The minimum atomic E-state index is -4.82. The molecule has 1 saturated heterocycles. The minimum absolute atomic E-state index is 0.588. The summed E-state index contributed by atoms with van der Waals surface area (Å²) >= 11 is 0. The van der Waals surface area contributed by atoms with Crippen molar-refractivity contribution in [3.8, 4) is 0 Å². The molecule has 0 aromatic rings. The fraction of sp³-hybridized carbons (Fsp3) is 0.833. The van der Waals surface area contributed by atoms with Gasteiger partial charge < -0.3 is 20.1 Å². The van der Waals surface area contributed by atoms with Crippen molar-refractivity contribution in [1.82, 2.24) is 0 Å². The maximum atomic E-state index is 10.5. The molecule has 9 nitrogen and oxygen atoms in total. The second-order valence-electron chi connectivity index (χ2n) is 3.14. The summed E-state index contributed by atoms with van der Waals surface area (Å²) in [6.07, 6.45) is -6.87. The van der Waals surface area contributed by atoms with Crippen molar-refractivity contribution in [2.45, 2.75) is 24.4 Å². The molecule has 0 aromatic carbocycles. The van der Waals surface area contributed by atoms with Crippen molar-refractivity contribution < 1.29 is 42.0 Å². The zero-order valence-electron chi connectivity index (χ0n) is 7.75. The first-order valence-corrected chi connectivity index (χ1v) is 5.45. The van der Waals surface area contributed by atoms with E-state index in [9.17, 15) is 23.4 Å². The number of ether oxygens (including phenoxy) is 1. The predicted molar refractivity (Wildman–Crippen MR) is 45.8 cm³/mol. The summed E-state index contributed by atoms with van der Waals surface area (Å²) in [6.45, 7) is -0.588. The minimum Gasteiger partial charge on any atom is -0.479 e. The van der Waals surface area contributed by atoms with Gasteiger partial charge in [-0.05, 0) is 0 Å². The molecule has 1 rings (SSSR count). The van der Waals surface area contributed by atoms with Crippen LogP contribution in [0.3, 0.4) is 0 Å². The Morgan fingerprint density at radius 2 is 1.88 bits per heavy atom. The van der Waals surface area contributed by atoms with E-state index >= 15 is 0 Å². The van der Waals surface area contributed by atoms with Crippen LogP contribution in [-0.4, -0.2) is 65.3 Å². The third kappa shape index (κ3) is 3.10. The number of carboxylic acids is 1. The first-order valence-electron chi connectivity index (χ1n) is 4.08. The number of hydrogen-bond acceptors (Lipinski definition) is 7. The van der Waals surface area contributed by atoms with Crippen LogP contribution in [0.25, 0.3) is 0 Å². The van der Waals surface area contributed by atoms with Gasteiger partial charge in [0.05, 0.1) is 6.61 Å². The highest BCUT2D eigenvalue weighted by molar-refractivity contribution is 7.80. The Bertz CT molecular complexity index is 362. The van der Waals surface area contributed by atoms with Crippen molar-refractivity contribution in [2.75, 3.05) is 6.61 Å². The van der Waals surface area contributed by atoms with Crippen molar-refractivity contribution in [1.29, 1.82) is 0 Å². The highest BCUT2D eigenvalue weighted by atomic mass is 32.3. The number of aliphatic carboxylic acids is 1.